The summed E-state index contributed by atoms with van der Waals surface area (Å²) in [5, 5.41) is 2.83. The summed E-state index contributed by atoms with van der Waals surface area (Å²) in [6.45, 7) is 0.372. The van der Waals surface area contributed by atoms with Crippen LogP contribution in [0.2, 0.25) is 0 Å². The largest absolute Gasteiger partial charge is 0.349 e. The number of nitrogens with one attached hydrogen (secondary N) is 2. The first-order valence-corrected chi connectivity index (χ1v) is 7.15. The molecule has 0 bridgehead atoms. The van der Waals surface area contributed by atoms with E-state index in [9.17, 15) is 9.18 Å². The van der Waals surface area contributed by atoms with Gasteiger partial charge >= 0.3 is 0 Å². The molecule has 0 saturated heterocycles. The van der Waals surface area contributed by atoms with Gasteiger partial charge in [-0.1, -0.05) is 24.3 Å². The normalized spacial score (nSPS) is 10.8. The summed E-state index contributed by atoms with van der Waals surface area (Å²) in [6.07, 6.45) is 0.956. The molecule has 112 valence electrons. The fraction of sp³-hybridized carbons (Fsp3) is 0.176. The lowest BCUT2D eigenvalue weighted by atomic mass is 10.1. The van der Waals surface area contributed by atoms with E-state index in [0.29, 0.717) is 19.4 Å². The molecule has 22 heavy (non-hydrogen) atoms. The average molecular weight is 297 g/mol. The minimum Gasteiger partial charge on any atom is -0.349 e. The zero-order valence-corrected chi connectivity index (χ0v) is 12.0. The molecule has 0 aliphatic carbocycles. The van der Waals surface area contributed by atoms with E-state index >= 15 is 0 Å². The van der Waals surface area contributed by atoms with Gasteiger partial charge in [0.25, 0.3) is 0 Å². The number of halogens is 1. The van der Waals surface area contributed by atoms with Crippen LogP contribution in [0.3, 0.4) is 0 Å². The zero-order valence-electron chi connectivity index (χ0n) is 12.0. The van der Waals surface area contributed by atoms with Crippen LogP contribution in [0.5, 0.6) is 0 Å². The highest BCUT2D eigenvalue weighted by molar-refractivity contribution is 5.77. The third-order valence-electron chi connectivity index (χ3n) is 3.45. The minimum atomic E-state index is -0.266. The van der Waals surface area contributed by atoms with E-state index in [1.807, 2.05) is 24.3 Å². The number of hydrogen-bond donors (Lipinski definition) is 2. The van der Waals surface area contributed by atoms with Crippen LogP contribution in [0, 0.1) is 5.82 Å². The van der Waals surface area contributed by atoms with Crippen molar-refractivity contribution in [2.75, 3.05) is 0 Å². The first-order valence-electron chi connectivity index (χ1n) is 7.15. The number of imidazole rings is 1. The molecule has 0 fully saturated rings. The van der Waals surface area contributed by atoms with Gasteiger partial charge in [-0.25, -0.2) is 9.37 Å². The number of para-hydroxylation sites is 2. The third kappa shape index (κ3) is 3.49. The van der Waals surface area contributed by atoms with Crippen LogP contribution in [0.1, 0.15) is 17.8 Å². The van der Waals surface area contributed by atoms with Gasteiger partial charge in [-0.15, -0.1) is 0 Å². The third-order valence-corrected chi connectivity index (χ3v) is 3.45. The van der Waals surface area contributed by atoms with E-state index in [1.165, 1.54) is 12.1 Å². The Morgan fingerprint density at radius 1 is 1.14 bits per heavy atom. The maximum atomic E-state index is 12.8. The molecule has 3 aromatic rings. The molecule has 1 amide bonds. The van der Waals surface area contributed by atoms with Gasteiger partial charge in [0, 0.05) is 6.42 Å². The van der Waals surface area contributed by atoms with Crippen LogP contribution in [0.25, 0.3) is 11.0 Å². The van der Waals surface area contributed by atoms with Crippen molar-refractivity contribution < 1.29 is 9.18 Å². The lowest BCUT2D eigenvalue weighted by molar-refractivity contribution is -0.121. The van der Waals surface area contributed by atoms with Gasteiger partial charge < -0.3 is 10.3 Å². The number of carbonyl (C=O) groups is 1. The van der Waals surface area contributed by atoms with E-state index < -0.39 is 0 Å². The van der Waals surface area contributed by atoms with E-state index in [-0.39, 0.29) is 11.7 Å². The maximum Gasteiger partial charge on any atom is 0.220 e. The minimum absolute atomic E-state index is 0.0511. The van der Waals surface area contributed by atoms with Crippen molar-refractivity contribution in [1.29, 1.82) is 0 Å². The van der Waals surface area contributed by atoms with Crippen LogP contribution < -0.4 is 5.32 Å². The highest BCUT2D eigenvalue weighted by Crippen LogP contribution is 2.10. The summed E-state index contributed by atoms with van der Waals surface area (Å²) in [7, 11) is 0. The van der Waals surface area contributed by atoms with Crippen LogP contribution in [0.4, 0.5) is 4.39 Å². The Hall–Kier alpha value is -2.69. The Morgan fingerprint density at radius 3 is 2.68 bits per heavy atom. The van der Waals surface area contributed by atoms with E-state index in [1.54, 1.807) is 12.1 Å². The van der Waals surface area contributed by atoms with Gasteiger partial charge in [0.15, 0.2) is 0 Å². The van der Waals surface area contributed by atoms with Crippen molar-refractivity contribution in [2.24, 2.45) is 0 Å². The molecule has 5 heteroatoms. The predicted octanol–water partition coefficient (Wildman–Crippen LogP) is 2.95. The van der Waals surface area contributed by atoms with Crippen LogP contribution in [-0.4, -0.2) is 15.9 Å². The molecule has 2 N–H and O–H groups in total. The Balaban J connectivity index is 1.50. The van der Waals surface area contributed by atoms with Crippen molar-refractivity contribution in [1.82, 2.24) is 15.3 Å². The number of aryl methyl sites for hydroxylation is 1. The number of rotatable bonds is 5. The summed E-state index contributed by atoms with van der Waals surface area (Å²) in [6, 6.07) is 13.9. The lowest BCUT2D eigenvalue weighted by Crippen LogP contribution is -2.23. The Morgan fingerprint density at radius 2 is 1.91 bits per heavy atom. The van der Waals surface area contributed by atoms with Crippen molar-refractivity contribution in [3.05, 3.63) is 65.7 Å². The molecule has 1 aromatic heterocycles. The van der Waals surface area contributed by atoms with E-state index in [0.717, 1.165) is 22.4 Å². The second kappa shape index (κ2) is 6.39. The standard InChI is InChI=1S/C17H16FN3O/c18-13-8-5-12(6-9-13)7-10-17(22)19-11-16-20-14-3-1-2-4-15(14)21-16/h1-6,8-9H,7,10-11H2,(H,19,22)(H,20,21). The SMILES string of the molecule is O=C(CCc1ccc(F)cc1)NCc1nc2ccccc2[nH]1. The van der Waals surface area contributed by atoms with Gasteiger partial charge in [-0.3, -0.25) is 4.79 Å². The molecule has 4 nitrogen and oxygen atoms in total. The predicted molar refractivity (Wildman–Crippen MR) is 82.7 cm³/mol. The molecule has 0 atom stereocenters. The number of aromatic amines is 1. The van der Waals surface area contributed by atoms with Gasteiger partial charge in [0.1, 0.15) is 11.6 Å². The molecule has 2 aromatic carbocycles. The number of aromatic nitrogens is 2. The molecule has 0 radical (unpaired) electrons. The molecule has 3 rings (SSSR count). The van der Waals surface area contributed by atoms with Gasteiger partial charge in [0.05, 0.1) is 17.6 Å². The number of H-pyrrole nitrogens is 1. The average Bonchev–Trinajstić information content (AvgIpc) is 2.95. The fourth-order valence-corrected chi connectivity index (χ4v) is 2.27. The molecule has 0 spiro atoms. The maximum absolute atomic E-state index is 12.8. The van der Waals surface area contributed by atoms with Gasteiger partial charge in [0.2, 0.25) is 5.91 Å². The number of hydrogen-bond acceptors (Lipinski definition) is 2. The molecule has 0 saturated carbocycles. The zero-order chi connectivity index (χ0) is 15.4. The summed E-state index contributed by atoms with van der Waals surface area (Å²) in [4.78, 5) is 19.4. The number of carbonyl (C=O) groups excluding carboxylic acids is 1. The lowest BCUT2D eigenvalue weighted by Gasteiger charge is -2.03. The molecular formula is C17H16FN3O. The van der Waals surface area contributed by atoms with Crippen molar-refractivity contribution in [2.45, 2.75) is 19.4 Å². The molecule has 0 aliphatic rings. The van der Waals surface area contributed by atoms with E-state index in [2.05, 4.69) is 15.3 Å². The highest BCUT2D eigenvalue weighted by atomic mass is 19.1. The number of fused-ring (bicyclic) bond motifs is 1. The van der Waals surface area contributed by atoms with Crippen molar-refractivity contribution in [3.63, 3.8) is 0 Å². The summed E-state index contributed by atoms with van der Waals surface area (Å²) in [5.74, 6) is 0.416. The van der Waals surface area contributed by atoms with E-state index in [4.69, 9.17) is 0 Å². The monoisotopic (exact) mass is 297 g/mol. The second-order valence-corrected chi connectivity index (χ2v) is 5.10. The fourth-order valence-electron chi connectivity index (χ4n) is 2.27. The first-order chi connectivity index (χ1) is 10.7. The number of nitrogens with zero attached hydrogens (tertiary/aromatic N) is 1. The molecule has 0 unspecified atom stereocenters. The van der Waals surface area contributed by atoms with Crippen molar-refractivity contribution in [3.8, 4) is 0 Å². The summed E-state index contributed by atoms with van der Waals surface area (Å²) in [5.41, 5.74) is 2.79. The first kappa shape index (κ1) is 14.3. The summed E-state index contributed by atoms with van der Waals surface area (Å²) < 4.78 is 12.8. The summed E-state index contributed by atoms with van der Waals surface area (Å²) >= 11 is 0. The quantitative estimate of drug-likeness (QED) is 0.760. The van der Waals surface area contributed by atoms with Crippen LogP contribution >= 0.6 is 0 Å². The number of benzene rings is 2. The highest BCUT2D eigenvalue weighted by Gasteiger charge is 2.05. The molecular weight excluding hydrogens is 281 g/mol. The Bertz CT molecular complexity index is 747. The van der Waals surface area contributed by atoms with Gasteiger partial charge in [-0.05, 0) is 36.2 Å². The second-order valence-electron chi connectivity index (χ2n) is 5.10. The smallest absolute Gasteiger partial charge is 0.220 e. The number of amides is 1. The van der Waals surface area contributed by atoms with Crippen LogP contribution in [-0.2, 0) is 17.8 Å². The molecule has 1 heterocycles. The van der Waals surface area contributed by atoms with Crippen LogP contribution in [0.15, 0.2) is 48.5 Å². The van der Waals surface area contributed by atoms with Gasteiger partial charge in [-0.2, -0.15) is 0 Å². The Labute approximate surface area is 127 Å². The molecule has 0 aliphatic heterocycles. The van der Waals surface area contributed by atoms with Crippen molar-refractivity contribution >= 4 is 16.9 Å². The Kier molecular flexibility index (Phi) is 4.14. The topological polar surface area (TPSA) is 57.8 Å².